The molecule has 13 heteroatoms. The molecule has 3 aliphatic rings. The lowest BCUT2D eigenvalue weighted by atomic mass is 9.96. The van der Waals surface area contributed by atoms with E-state index in [-0.39, 0.29) is 40.9 Å². The standard InChI is InChI=1S/C24H23F5N6O2/c1-8-15(24(27,28)29)11(6-12(30)16(8)25)18-17(26)19-14-21(34-23(33-19)36-3)35-7-10-4-5-13(31-10)20(35)9(2)37-22(14)32-18/h6,9-10,13,20,31H,4-5,7,30H2,1-3H3/t9-,10+,13-,20+/m0/s1. The summed E-state index contributed by atoms with van der Waals surface area (Å²) in [6, 6.07) is 0.648. The maximum absolute atomic E-state index is 16.1. The van der Waals surface area contributed by atoms with Gasteiger partial charge < -0.3 is 25.4 Å². The number of nitrogen functional groups attached to an aromatic ring is 1. The Morgan fingerprint density at radius 1 is 1.16 bits per heavy atom. The second kappa shape index (κ2) is 8.01. The normalized spacial score (nSPS) is 24.6. The van der Waals surface area contributed by atoms with Crippen molar-refractivity contribution in [3.8, 4) is 23.1 Å². The second-order valence-electron chi connectivity index (χ2n) is 9.68. The zero-order valence-electron chi connectivity index (χ0n) is 20.1. The highest BCUT2D eigenvalue weighted by atomic mass is 19.4. The first kappa shape index (κ1) is 23.9. The Bertz CT molecular complexity index is 1450. The molecule has 2 fully saturated rings. The van der Waals surface area contributed by atoms with Crippen LogP contribution in [-0.4, -0.2) is 52.8 Å². The molecule has 2 saturated heterocycles. The zero-order valence-corrected chi connectivity index (χ0v) is 20.1. The Hall–Kier alpha value is -3.48. The first-order chi connectivity index (χ1) is 17.5. The van der Waals surface area contributed by atoms with Crippen molar-refractivity contribution in [2.75, 3.05) is 24.3 Å². The van der Waals surface area contributed by atoms with Gasteiger partial charge in [0.15, 0.2) is 5.82 Å². The number of piperazine rings is 1. The van der Waals surface area contributed by atoms with Gasteiger partial charge in [0, 0.05) is 24.2 Å². The molecule has 37 heavy (non-hydrogen) atoms. The van der Waals surface area contributed by atoms with Crippen LogP contribution in [0.1, 0.15) is 30.9 Å². The number of fused-ring (bicyclic) bond motifs is 5. The summed E-state index contributed by atoms with van der Waals surface area (Å²) in [5.41, 5.74) is 1.23. The predicted molar refractivity (Wildman–Crippen MR) is 125 cm³/mol. The van der Waals surface area contributed by atoms with Crippen LogP contribution in [0, 0.1) is 18.6 Å². The van der Waals surface area contributed by atoms with Crippen LogP contribution < -0.4 is 25.4 Å². The van der Waals surface area contributed by atoms with Crippen molar-refractivity contribution >= 4 is 22.4 Å². The number of halogens is 5. The lowest BCUT2D eigenvalue weighted by molar-refractivity contribution is -0.137. The number of ether oxygens (including phenoxy) is 2. The Morgan fingerprint density at radius 3 is 2.62 bits per heavy atom. The largest absolute Gasteiger partial charge is 0.472 e. The SMILES string of the molecule is COc1nc2c3c(nc(-c4cc(N)c(F)c(C)c4C(F)(F)F)c(F)c3n1)O[C@@H](C)[C@@H]1[C@@H]3CC[C@H](CN21)N3. The number of benzene rings is 1. The minimum absolute atomic E-state index is 0.0692. The van der Waals surface area contributed by atoms with E-state index in [0.29, 0.717) is 12.4 Å². The molecule has 0 amide bonds. The number of anilines is 2. The molecule has 6 rings (SSSR count). The monoisotopic (exact) mass is 522 g/mol. The predicted octanol–water partition coefficient (Wildman–Crippen LogP) is 3.98. The van der Waals surface area contributed by atoms with E-state index in [2.05, 4.69) is 20.3 Å². The van der Waals surface area contributed by atoms with E-state index in [1.165, 1.54) is 7.11 Å². The van der Waals surface area contributed by atoms with Gasteiger partial charge in [-0.25, -0.2) is 13.8 Å². The summed E-state index contributed by atoms with van der Waals surface area (Å²) in [4.78, 5) is 14.9. The second-order valence-corrected chi connectivity index (χ2v) is 9.68. The van der Waals surface area contributed by atoms with Gasteiger partial charge in [-0.1, -0.05) is 0 Å². The van der Waals surface area contributed by atoms with Crippen molar-refractivity contribution in [2.24, 2.45) is 0 Å². The number of nitrogens with zero attached hydrogens (tertiary/aromatic N) is 4. The van der Waals surface area contributed by atoms with Gasteiger partial charge in [-0.2, -0.15) is 23.1 Å². The molecular weight excluding hydrogens is 499 g/mol. The smallest absolute Gasteiger partial charge is 0.417 e. The molecule has 8 nitrogen and oxygen atoms in total. The fraction of sp³-hybridized carbons (Fsp3) is 0.458. The summed E-state index contributed by atoms with van der Waals surface area (Å²) in [6.45, 7) is 3.33. The molecule has 196 valence electrons. The molecule has 0 saturated carbocycles. The van der Waals surface area contributed by atoms with E-state index in [0.717, 1.165) is 25.8 Å². The Kier molecular flexibility index (Phi) is 5.17. The number of hydrogen-bond acceptors (Lipinski definition) is 8. The van der Waals surface area contributed by atoms with Crippen LogP contribution >= 0.6 is 0 Å². The van der Waals surface area contributed by atoms with E-state index in [1.807, 2.05) is 11.8 Å². The highest BCUT2D eigenvalue weighted by Crippen LogP contribution is 2.47. The summed E-state index contributed by atoms with van der Waals surface area (Å²) in [5.74, 6) is -2.15. The van der Waals surface area contributed by atoms with Crippen LogP contribution in [0.5, 0.6) is 11.9 Å². The zero-order chi connectivity index (χ0) is 26.4. The maximum Gasteiger partial charge on any atom is 0.417 e. The Balaban J connectivity index is 1.67. The van der Waals surface area contributed by atoms with E-state index in [1.54, 1.807) is 0 Å². The molecule has 1 aromatic carbocycles. The van der Waals surface area contributed by atoms with Crippen molar-refractivity contribution in [1.29, 1.82) is 0 Å². The third-order valence-corrected chi connectivity index (χ3v) is 7.48. The molecule has 3 aromatic rings. The molecule has 0 unspecified atom stereocenters. The van der Waals surface area contributed by atoms with Gasteiger partial charge >= 0.3 is 12.2 Å². The van der Waals surface area contributed by atoms with Gasteiger partial charge in [0.2, 0.25) is 5.88 Å². The summed E-state index contributed by atoms with van der Waals surface area (Å²) in [5, 5.41) is 3.70. The fourth-order valence-corrected chi connectivity index (χ4v) is 5.93. The van der Waals surface area contributed by atoms with Crippen LogP contribution in [0.4, 0.5) is 33.5 Å². The maximum atomic E-state index is 16.1. The number of nitrogens with one attached hydrogen (secondary N) is 1. The third kappa shape index (κ3) is 3.46. The molecule has 0 radical (unpaired) electrons. The molecule has 3 N–H and O–H groups in total. The van der Waals surface area contributed by atoms with Gasteiger partial charge in [-0.15, -0.1) is 0 Å². The number of methoxy groups -OCH3 is 1. The molecule has 4 atom stereocenters. The van der Waals surface area contributed by atoms with Gasteiger partial charge in [0.05, 0.1) is 24.4 Å². The van der Waals surface area contributed by atoms with Gasteiger partial charge in [-0.05, 0) is 38.3 Å². The number of aromatic nitrogens is 3. The number of rotatable bonds is 2. The first-order valence-electron chi connectivity index (χ1n) is 11.8. The average Bonchev–Trinajstić information content (AvgIpc) is 3.16. The number of nitrogens with two attached hydrogens (primary N) is 1. The van der Waals surface area contributed by atoms with Crippen molar-refractivity contribution in [2.45, 2.75) is 57.1 Å². The van der Waals surface area contributed by atoms with E-state index >= 15 is 4.39 Å². The summed E-state index contributed by atoms with van der Waals surface area (Å²) < 4.78 is 84.3. The fourth-order valence-electron chi connectivity index (χ4n) is 5.93. The summed E-state index contributed by atoms with van der Waals surface area (Å²) in [7, 11) is 1.31. The first-order valence-corrected chi connectivity index (χ1v) is 11.8. The van der Waals surface area contributed by atoms with E-state index in [4.69, 9.17) is 15.2 Å². The topological polar surface area (TPSA) is 98.4 Å². The lowest BCUT2D eigenvalue weighted by Crippen LogP contribution is -2.62. The lowest BCUT2D eigenvalue weighted by Gasteiger charge is -2.42. The van der Waals surface area contributed by atoms with E-state index < -0.39 is 52.0 Å². The molecule has 0 spiro atoms. The molecule has 0 aliphatic carbocycles. The van der Waals surface area contributed by atoms with Crippen LogP contribution in [0.2, 0.25) is 0 Å². The summed E-state index contributed by atoms with van der Waals surface area (Å²) >= 11 is 0. The van der Waals surface area contributed by atoms with Gasteiger partial charge in [-0.3, -0.25) is 0 Å². The molecule has 2 bridgehead atoms. The minimum Gasteiger partial charge on any atom is -0.472 e. The van der Waals surface area contributed by atoms with E-state index in [9.17, 15) is 17.6 Å². The van der Waals surface area contributed by atoms with Crippen molar-refractivity contribution in [1.82, 2.24) is 20.3 Å². The van der Waals surface area contributed by atoms with Crippen LogP contribution in [-0.2, 0) is 6.18 Å². The number of pyridine rings is 1. The quantitative estimate of drug-likeness (QED) is 0.386. The Labute approximate surface area is 208 Å². The molecule has 2 aromatic heterocycles. The van der Waals surface area contributed by atoms with Gasteiger partial charge in [0.1, 0.15) is 34.3 Å². The minimum atomic E-state index is -5.01. The number of alkyl halides is 3. The highest BCUT2D eigenvalue weighted by Gasteiger charge is 2.47. The molecular formula is C24H23F5N6O2. The van der Waals surface area contributed by atoms with Crippen molar-refractivity contribution < 1.29 is 31.4 Å². The van der Waals surface area contributed by atoms with Crippen LogP contribution in [0.3, 0.4) is 0 Å². The van der Waals surface area contributed by atoms with Gasteiger partial charge in [0.25, 0.3) is 0 Å². The molecule has 5 heterocycles. The summed E-state index contributed by atoms with van der Waals surface area (Å²) in [6.07, 6.45) is -3.64. The molecule has 3 aliphatic heterocycles. The Morgan fingerprint density at radius 2 is 1.92 bits per heavy atom. The van der Waals surface area contributed by atoms with Crippen LogP contribution in [0.15, 0.2) is 6.07 Å². The van der Waals surface area contributed by atoms with Crippen molar-refractivity contribution in [3.05, 3.63) is 28.8 Å². The highest BCUT2D eigenvalue weighted by molar-refractivity contribution is 5.97. The average molecular weight is 522 g/mol. The van der Waals surface area contributed by atoms with Crippen molar-refractivity contribution in [3.63, 3.8) is 0 Å². The number of hydrogen-bond donors (Lipinski definition) is 2. The van der Waals surface area contributed by atoms with Crippen LogP contribution in [0.25, 0.3) is 22.2 Å². The third-order valence-electron chi connectivity index (χ3n) is 7.48.